The molecule has 0 aliphatic heterocycles. The molecule has 2 heteroatoms. The quantitative estimate of drug-likeness (QED) is 0.658. The van der Waals surface area contributed by atoms with Crippen LogP contribution in [0.5, 0.6) is 0 Å². The van der Waals surface area contributed by atoms with Crippen LogP contribution >= 0.6 is 0 Å². The van der Waals surface area contributed by atoms with E-state index in [0.717, 1.165) is 19.6 Å². The van der Waals surface area contributed by atoms with E-state index >= 15 is 0 Å². The number of nitrogens with zero attached hydrogens (tertiary/aromatic N) is 1. The fraction of sp³-hybridized carbons (Fsp3) is 1.00. The van der Waals surface area contributed by atoms with Crippen LogP contribution in [0.3, 0.4) is 0 Å². The summed E-state index contributed by atoms with van der Waals surface area (Å²) >= 11 is 0. The van der Waals surface area contributed by atoms with Crippen molar-refractivity contribution in [3.05, 3.63) is 0 Å². The van der Waals surface area contributed by atoms with Crippen LogP contribution in [0.25, 0.3) is 0 Å². The molecule has 0 bridgehead atoms. The highest BCUT2D eigenvalue weighted by Gasteiger charge is 2.16. The van der Waals surface area contributed by atoms with Crippen molar-refractivity contribution in [2.75, 3.05) is 34.4 Å². The summed E-state index contributed by atoms with van der Waals surface area (Å²) in [6, 6.07) is 0. The van der Waals surface area contributed by atoms with Gasteiger partial charge in [-0.1, -0.05) is 27.7 Å². The Kier molecular flexibility index (Phi) is 11.1. The van der Waals surface area contributed by atoms with E-state index < -0.39 is 0 Å². The Morgan fingerprint density at radius 2 is 1.57 bits per heavy atom. The molecule has 0 aromatic heterocycles. The van der Waals surface area contributed by atoms with Crippen molar-refractivity contribution in [3.8, 4) is 0 Å². The van der Waals surface area contributed by atoms with E-state index in [0.29, 0.717) is 5.41 Å². The Bertz CT molecular complexity index is 111. The van der Waals surface area contributed by atoms with Crippen molar-refractivity contribution < 1.29 is 4.74 Å². The second-order valence-electron chi connectivity index (χ2n) is 4.46. The molecule has 0 aliphatic rings. The van der Waals surface area contributed by atoms with Crippen molar-refractivity contribution in [2.45, 2.75) is 40.5 Å². The molecule has 0 fully saturated rings. The Labute approximate surface area is 90.6 Å². The molecule has 14 heavy (non-hydrogen) atoms. The molecule has 2 nitrogen and oxygen atoms in total. The minimum absolute atomic E-state index is 0.417. The maximum absolute atomic E-state index is 5.07. The molecule has 0 aromatic carbocycles. The van der Waals surface area contributed by atoms with Crippen LogP contribution in [0, 0.1) is 5.41 Å². The maximum Gasteiger partial charge on any atom is 0.0467 e. The van der Waals surface area contributed by atoms with Crippen LogP contribution in [0.15, 0.2) is 0 Å². The molecule has 0 N–H and O–H groups in total. The third kappa shape index (κ3) is 11.9. The lowest BCUT2D eigenvalue weighted by Crippen LogP contribution is -2.22. The van der Waals surface area contributed by atoms with Gasteiger partial charge in [0.1, 0.15) is 0 Å². The zero-order valence-corrected chi connectivity index (χ0v) is 11.2. The summed E-state index contributed by atoms with van der Waals surface area (Å²) in [6.45, 7) is 10.6. The third-order valence-corrected chi connectivity index (χ3v) is 2.22. The van der Waals surface area contributed by atoms with E-state index in [4.69, 9.17) is 4.74 Å². The molecule has 0 radical (unpaired) electrons. The lowest BCUT2D eigenvalue weighted by molar-refractivity contribution is 0.142. The summed E-state index contributed by atoms with van der Waals surface area (Å²) in [5, 5.41) is 0. The molecule has 0 aromatic rings. The second-order valence-corrected chi connectivity index (χ2v) is 4.46. The first-order chi connectivity index (χ1) is 6.48. The van der Waals surface area contributed by atoms with E-state index in [1.807, 2.05) is 13.8 Å². The number of hydrogen-bond acceptors (Lipinski definition) is 2. The molecular formula is C12H29NO. The van der Waals surface area contributed by atoms with E-state index in [2.05, 4.69) is 32.8 Å². The predicted octanol–water partition coefficient (Wildman–Crippen LogP) is 3.03. The summed E-state index contributed by atoms with van der Waals surface area (Å²) in [6.07, 6.45) is 2.39. The maximum atomic E-state index is 5.07. The topological polar surface area (TPSA) is 12.5 Å². The van der Waals surface area contributed by atoms with Gasteiger partial charge in [-0.3, -0.25) is 0 Å². The Morgan fingerprint density at radius 1 is 1.07 bits per heavy atom. The number of ether oxygens (including phenoxy) is 1. The van der Waals surface area contributed by atoms with E-state index in [-0.39, 0.29) is 0 Å². The predicted molar refractivity (Wildman–Crippen MR) is 64.8 cm³/mol. The summed E-state index contributed by atoms with van der Waals surface area (Å²) < 4.78 is 5.07. The molecule has 0 aliphatic carbocycles. The highest BCUT2D eigenvalue weighted by molar-refractivity contribution is 4.69. The van der Waals surface area contributed by atoms with Gasteiger partial charge < -0.3 is 9.64 Å². The number of methoxy groups -OCH3 is 1. The van der Waals surface area contributed by atoms with Gasteiger partial charge in [-0.05, 0) is 38.9 Å². The summed E-state index contributed by atoms with van der Waals surface area (Å²) in [4.78, 5) is 2.23. The molecule has 0 saturated heterocycles. The Balaban J connectivity index is 0. The van der Waals surface area contributed by atoms with Gasteiger partial charge in [-0.15, -0.1) is 0 Å². The van der Waals surface area contributed by atoms with Crippen LogP contribution in [0.2, 0.25) is 0 Å². The van der Waals surface area contributed by atoms with Gasteiger partial charge in [0.2, 0.25) is 0 Å². The average molecular weight is 203 g/mol. The number of hydrogen-bond donors (Lipinski definition) is 0. The van der Waals surface area contributed by atoms with Gasteiger partial charge in [0.15, 0.2) is 0 Å². The summed E-state index contributed by atoms with van der Waals surface area (Å²) in [5.74, 6) is 0. The van der Waals surface area contributed by atoms with E-state index in [9.17, 15) is 0 Å². The highest BCUT2D eigenvalue weighted by Crippen LogP contribution is 2.24. The van der Waals surface area contributed by atoms with Gasteiger partial charge in [0.05, 0.1) is 0 Å². The fourth-order valence-electron chi connectivity index (χ4n) is 1.03. The van der Waals surface area contributed by atoms with Crippen molar-refractivity contribution in [1.82, 2.24) is 4.90 Å². The van der Waals surface area contributed by atoms with E-state index in [1.54, 1.807) is 7.11 Å². The third-order valence-electron chi connectivity index (χ3n) is 2.22. The highest BCUT2D eigenvalue weighted by atomic mass is 16.5. The molecule has 0 unspecified atom stereocenters. The van der Waals surface area contributed by atoms with Gasteiger partial charge in [0.25, 0.3) is 0 Å². The van der Waals surface area contributed by atoms with Crippen LogP contribution in [0.1, 0.15) is 40.5 Å². The average Bonchev–Trinajstić information content (AvgIpc) is 2.15. The van der Waals surface area contributed by atoms with Gasteiger partial charge in [0, 0.05) is 13.7 Å². The van der Waals surface area contributed by atoms with Crippen LogP contribution in [0.4, 0.5) is 0 Å². The van der Waals surface area contributed by atoms with Gasteiger partial charge in [-0.25, -0.2) is 0 Å². The molecular weight excluding hydrogens is 174 g/mol. The first-order valence-corrected chi connectivity index (χ1v) is 5.61. The van der Waals surface area contributed by atoms with Crippen molar-refractivity contribution in [3.63, 3.8) is 0 Å². The molecule has 0 spiro atoms. The largest absolute Gasteiger partial charge is 0.385 e. The molecule has 0 atom stereocenters. The number of rotatable bonds is 6. The molecule has 0 heterocycles. The Hall–Kier alpha value is -0.0800. The smallest absolute Gasteiger partial charge is 0.0467 e. The Morgan fingerprint density at radius 3 is 1.93 bits per heavy atom. The van der Waals surface area contributed by atoms with Crippen LogP contribution < -0.4 is 0 Å². The van der Waals surface area contributed by atoms with E-state index in [1.165, 1.54) is 6.42 Å². The lowest BCUT2D eigenvalue weighted by Gasteiger charge is -2.25. The van der Waals surface area contributed by atoms with Gasteiger partial charge in [-0.2, -0.15) is 0 Å². The monoisotopic (exact) mass is 203 g/mol. The summed E-state index contributed by atoms with van der Waals surface area (Å²) in [7, 11) is 6.00. The SMILES string of the molecule is CC.COCCC(C)(C)CCN(C)C. The molecule has 88 valence electrons. The minimum atomic E-state index is 0.417. The zero-order chi connectivity index (χ0) is 11.6. The molecule has 0 amide bonds. The zero-order valence-electron chi connectivity index (χ0n) is 11.2. The second kappa shape index (κ2) is 9.47. The molecule has 0 saturated carbocycles. The minimum Gasteiger partial charge on any atom is -0.385 e. The van der Waals surface area contributed by atoms with Crippen molar-refractivity contribution >= 4 is 0 Å². The first kappa shape index (κ1) is 16.4. The summed E-state index contributed by atoms with van der Waals surface area (Å²) in [5.41, 5.74) is 0.417. The lowest BCUT2D eigenvalue weighted by atomic mass is 9.86. The molecule has 0 rings (SSSR count). The normalized spacial score (nSPS) is 11.1. The first-order valence-electron chi connectivity index (χ1n) is 5.61. The van der Waals surface area contributed by atoms with Crippen LogP contribution in [-0.2, 0) is 4.74 Å². The van der Waals surface area contributed by atoms with Crippen molar-refractivity contribution in [1.29, 1.82) is 0 Å². The van der Waals surface area contributed by atoms with Crippen LogP contribution in [-0.4, -0.2) is 39.3 Å². The van der Waals surface area contributed by atoms with Gasteiger partial charge >= 0.3 is 0 Å². The van der Waals surface area contributed by atoms with Crippen molar-refractivity contribution in [2.24, 2.45) is 5.41 Å². The standard InChI is InChI=1S/C10H23NO.C2H6/c1-10(2,7-9-12-5)6-8-11(3)4;1-2/h6-9H2,1-5H3;1-2H3. The fourth-order valence-corrected chi connectivity index (χ4v) is 1.03.